The molecule has 0 radical (unpaired) electrons. The van der Waals surface area contributed by atoms with E-state index in [1.807, 2.05) is 0 Å². The van der Waals surface area contributed by atoms with Gasteiger partial charge in [0.25, 0.3) is 5.69 Å². The van der Waals surface area contributed by atoms with Gasteiger partial charge in [0.2, 0.25) is 10.0 Å². The molecule has 0 amide bonds. The van der Waals surface area contributed by atoms with Gasteiger partial charge in [-0.1, -0.05) is 15.9 Å². The molecular formula is C10H11BrN2O6S. The second kappa shape index (κ2) is 6.29. The van der Waals surface area contributed by atoms with Crippen LogP contribution in [0.1, 0.15) is 6.42 Å². The quantitative estimate of drug-likeness (QED) is 0.601. The molecule has 0 spiro atoms. The average molecular weight is 367 g/mol. The van der Waals surface area contributed by atoms with Crippen LogP contribution in [0.3, 0.4) is 0 Å². The van der Waals surface area contributed by atoms with E-state index in [-0.39, 0.29) is 6.54 Å². The van der Waals surface area contributed by atoms with Crippen LogP contribution in [0.2, 0.25) is 0 Å². The van der Waals surface area contributed by atoms with Crippen molar-refractivity contribution in [1.82, 2.24) is 4.31 Å². The molecule has 0 saturated heterocycles. The van der Waals surface area contributed by atoms with Gasteiger partial charge < -0.3 is 5.11 Å². The summed E-state index contributed by atoms with van der Waals surface area (Å²) in [6.45, 7) is -0.276. The first-order valence-corrected chi connectivity index (χ1v) is 7.51. The van der Waals surface area contributed by atoms with E-state index in [0.29, 0.717) is 4.47 Å². The van der Waals surface area contributed by atoms with Crippen molar-refractivity contribution in [1.29, 1.82) is 0 Å². The Morgan fingerprint density at radius 1 is 1.50 bits per heavy atom. The highest BCUT2D eigenvalue weighted by Crippen LogP contribution is 2.29. The molecule has 1 rings (SSSR count). The predicted molar refractivity (Wildman–Crippen MR) is 72.9 cm³/mol. The summed E-state index contributed by atoms with van der Waals surface area (Å²) in [4.78, 5) is 20.1. The highest BCUT2D eigenvalue weighted by molar-refractivity contribution is 9.10. The summed E-state index contributed by atoms with van der Waals surface area (Å²) in [6.07, 6.45) is -0.391. The van der Waals surface area contributed by atoms with E-state index in [1.165, 1.54) is 13.1 Å². The van der Waals surface area contributed by atoms with E-state index in [4.69, 9.17) is 5.11 Å². The Bertz CT molecular complexity index is 645. The van der Waals surface area contributed by atoms with Crippen LogP contribution < -0.4 is 0 Å². The highest BCUT2D eigenvalue weighted by Gasteiger charge is 2.29. The van der Waals surface area contributed by atoms with Gasteiger partial charge in [0, 0.05) is 24.1 Å². The molecule has 8 nitrogen and oxygen atoms in total. The molecular weight excluding hydrogens is 356 g/mol. The van der Waals surface area contributed by atoms with Crippen molar-refractivity contribution in [3.8, 4) is 0 Å². The second-order valence-corrected chi connectivity index (χ2v) is 6.77. The average Bonchev–Trinajstić information content (AvgIpc) is 2.35. The van der Waals surface area contributed by atoms with Crippen LogP contribution in [0.25, 0.3) is 0 Å². The van der Waals surface area contributed by atoms with Crippen molar-refractivity contribution in [3.05, 3.63) is 32.8 Å². The normalized spacial score (nSPS) is 11.6. The van der Waals surface area contributed by atoms with Gasteiger partial charge in [-0.3, -0.25) is 14.9 Å². The summed E-state index contributed by atoms with van der Waals surface area (Å²) in [7, 11) is -2.96. The SMILES string of the molecule is CN(CCC(=O)O)S(=O)(=O)c1cc(Br)ccc1[N+](=O)[O-]. The first-order valence-electron chi connectivity index (χ1n) is 5.28. The van der Waals surface area contributed by atoms with E-state index in [2.05, 4.69) is 15.9 Å². The molecule has 1 aromatic carbocycles. The first-order chi connectivity index (χ1) is 9.16. The van der Waals surface area contributed by atoms with E-state index in [0.717, 1.165) is 16.4 Å². The summed E-state index contributed by atoms with van der Waals surface area (Å²) in [6, 6.07) is 3.54. The number of hydrogen-bond donors (Lipinski definition) is 1. The third-order valence-electron chi connectivity index (χ3n) is 2.45. The fourth-order valence-electron chi connectivity index (χ4n) is 1.39. The van der Waals surface area contributed by atoms with Crippen molar-refractivity contribution >= 4 is 37.6 Å². The smallest absolute Gasteiger partial charge is 0.304 e. The maximum atomic E-state index is 12.2. The molecule has 110 valence electrons. The van der Waals surface area contributed by atoms with E-state index < -0.39 is 37.9 Å². The summed E-state index contributed by atoms with van der Waals surface area (Å²) in [5.41, 5.74) is -0.560. The number of hydrogen-bond acceptors (Lipinski definition) is 5. The van der Waals surface area contributed by atoms with E-state index in [1.54, 1.807) is 0 Å². The third kappa shape index (κ3) is 3.74. The fourth-order valence-corrected chi connectivity index (χ4v) is 3.25. The van der Waals surface area contributed by atoms with Crippen molar-refractivity contribution < 1.29 is 23.2 Å². The summed E-state index contributed by atoms with van der Waals surface area (Å²) >= 11 is 3.05. The van der Waals surface area contributed by atoms with E-state index in [9.17, 15) is 23.3 Å². The molecule has 1 N–H and O–H groups in total. The van der Waals surface area contributed by atoms with Gasteiger partial charge in [0.1, 0.15) is 0 Å². The van der Waals surface area contributed by atoms with Crippen LogP contribution in [-0.2, 0) is 14.8 Å². The molecule has 0 aliphatic carbocycles. The number of rotatable bonds is 6. The van der Waals surface area contributed by atoms with Gasteiger partial charge in [0.15, 0.2) is 4.90 Å². The first kappa shape index (κ1) is 16.5. The minimum atomic E-state index is -4.13. The van der Waals surface area contributed by atoms with Crippen molar-refractivity contribution in [2.75, 3.05) is 13.6 Å². The number of carboxylic acids is 1. The lowest BCUT2D eigenvalue weighted by Gasteiger charge is -2.16. The summed E-state index contributed by atoms with van der Waals surface area (Å²) < 4.78 is 25.6. The van der Waals surface area contributed by atoms with Crippen LogP contribution in [0.4, 0.5) is 5.69 Å². The van der Waals surface area contributed by atoms with Gasteiger partial charge in [-0.2, -0.15) is 0 Å². The standard InChI is InChI=1S/C10H11BrN2O6S/c1-12(5-4-10(14)15)20(18,19)9-6-7(11)2-3-8(9)13(16)17/h2-3,6H,4-5H2,1H3,(H,14,15). The topological polar surface area (TPSA) is 118 Å². The molecule has 0 aliphatic rings. The molecule has 0 bridgehead atoms. The van der Waals surface area contributed by atoms with Crippen LogP contribution in [0.5, 0.6) is 0 Å². The van der Waals surface area contributed by atoms with Crippen LogP contribution in [0, 0.1) is 10.1 Å². The van der Waals surface area contributed by atoms with Gasteiger partial charge in [-0.25, -0.2) is 12.7 Å². The maximum absolute atomic E-state index is 12.2. The Balaban J connectivity index is 3.24. The Labute approximate surface area is 123 Å². The number of aliphatic carboxylic acids is 1. The Hall–Kier alpha value is -1.52. The van der Waals surface area contributed by atoms with Crippen molar-refractivity contribution in [2.24, 2.45) is 0 Å². The molecule has 20 heavy (non-hydrogen) atoms. The van der Waals surface area contributed by atoms with Crippen molar-refractivity contribution in [2.45, 2.75) is 11.3 Å². The minimum Gasteiger partial charge on any atom is -0.481 e. The molecule has 10 heteroatoms. The molecule has 0 saturated carbocycles. The molecule has 0 aliphatic heterocycles. The zero-order valence-corrected chi connectivity index (χ0v) is 12.7. The molecule has 0 heterocycles. The summed E-state index contributed by atoms with van der Waals surface area (Å²) in [5, 5.41) is 19.4. The lowest BCUT2D eigenvalue weighted by Crippen LogP contribution is -2.29. The van der Waals surface area contributed by atoms with Crippen LogP contribution in [0.15, 0.2) is 27.6 Å². The highest BCUT2D eigenvalue weighted by atomic mass is 79.9. The number of carbonyl (C=O) groups is 1. The number of nitro groups is 1. The molecule has 0 aromatic heterocycles. The predicted octanol–water partition coefficient (Wildman–Crippen LogP) is 1.45. The zero-order chi connectivity index (χ0) is 15.5. The van der Waals surface area contributed by atoms with Gasteiger partial charge in [-0.05, 0) is 12.1 Å². The zero-order valence-electron chi connectivity index (χ0n) is 10.3. The molecule has 0 fully saturated rings. The van der Waals surface area contributed by atoms with Crippen LogP contribution >= 0.6 is 15.9 Å². The number of nitro benzene ring substituents is 1. The monoisotopic (exact) mass is 366 g/mol. The maximum Gasteiger partial charge on any atom is 0.304 e. The second-order valence-electron chi connectivity index (χ2n) is 3.84. The van der Waals surface area contributed by atoms with Crippen LogP contribution in [-0.4, -0.2) is 42.3 Å². The Kier molecular flexibility index (Phi) is 5.20. The molecule has 0 unspecified atom stereocenters. The van der Waals surface area contributed by atoms with Gasteiger partial charge >= 0.3 is 5.97 Å². The number of benzene rings is 1. The van der Waals surface area contributed by atoms with E-state index >= 15 is 0 Å². The molecule has 0 atom stereocenters. The number of carboxylic acid groups (broad SMARTS) is 1. The molecule has 1 aromatic rings. The third-order valence-corrected chi connectivity index (χ3v) is 4.83. The number of halogens is 1. The van der Waals surface area contributed by atoms with Gasteiger partial charge in [0.05, 0.1) is 11.3 Å². The Morgan fingerprint density at radius 3 is 2.60 bits per heavy atom. The number of nitrogens with zero attached hydrogens (tertiary/aromatic N) is 2. The summed E-state index contributed by atoms with van der Waals surface area (Å²) in [5.74, 6) is -1.16. The lowest BCUT2D eigenvalue weighted by atomic mass is 10.3. The number of sulfonamides is 1. The lowest BCUT2D eigenvalue weighted by molar-refractivity contribution is -0.387. The largest absolute Gasteiger partial charge is 0.481 e. The fraction of sp³-hybridized carbons (Fsp3) is 0.300. The van der Waals surface area contributed by atoms with Crippen molar-refractivity contribution in [3.63, 3.8) is 0 Å². The Morgan fingerprint density at radius 2 is 2.10 bits per heavy atom. The minimum absolute atomic E-state index is 0.276. The van der Waals surface area contributed by atoms with Gasteiger partial charge in [-0.15, -0.1) is 0 Å².